The number of nitrogens with zero attached hydrogens (tertiary/aromatic N) is 1. The van der Waals surface area contributed by atoms with Crippen LogP contribution < -0.4 is 10.1 Å². The van der Waals surface area contributed by atoms with E-state index in [1.807, 2.05) is 32.0 Å². The van der Waals surface area contributed by atoms with Crippen molar-refractivity contribution in [3.8, 4) is 5.75 Å². The van der Waals surface area contributed by atoms with E-state index in [1.165, 1.54) is 11.6 Å². The number of ether oxygens (including phenoxy) is 1. The van der Waals surface area contributed by atoms with Gasteiger partial charge in [-0.2, -0.15) is 0 Å². The molecule has 31 heavy (non-hydrogen) atoms. The first kappa shape index (κ1) is 23.2. The summed E-state index contributed by atoms with van der Waals surface area (Å²) in [4.78, 5) is 14.7. The quantitative estimate of drug-likeness (QED) is 0.675. The van der Waals surface area contributed by atoms with E-state index in [1.54, 1.807) is 18.2 Å². The van der Waals surface area contributed by atoms with E-state index in [0.717, 1.165) is 19.4 Å². The summed E-state index contributed by atoms with van der Waals surface area (Å²) >= 11 is 0. The summed E-state index contributed by atoms with van der Waals surface area (Å²) < 4.78 is 19.3. The highest BCUT2D eigenvalue weighted by Crippen LogP contribution is 2.25. The number of carbonyl (C=O) groups excluding carboxylic acids is 1. The van der Waals surface area contributed by atoms with E-state index < -0.39 is 11.4 Å². The number of para-hydroxylation sites is 1. The summed E-state index contributed by atoms with van der Waals surface area (Å²) in [5.74, 6) is -0.304. The molecular weight excluding hydrogens is 395 g/mol. The Morgan fingerprint density at radius 3 is 2.58 bits per heavy atom. The van der Waals surface area contributed by atoms with Crippen LogP contribution in [-0.4, -0.2) is 53.3 Å². The third-order valence-corrected chi connectivity index (χ3v) is 5.68. The third-order valence-electron chi connectivity index (χ3n) is 5.68. The molecular formula is C25H33FN2O3. The number of benzene rings is 2. The molecule has 168 valence electrons. The summed E-state index contributed by atoms with van der Waals surface area (Å²) in [6.45, 7) is 5.71. The Hall–Kier alpha value is -2.44. The van der Waals surface area contributed by atoms with Gasteiger partial charge in [-0.05, 0) is 63.8 Å². The number of aliphatic hydroxyl groups is 1. The topological polar surface area (TPSA) is 61.8 Å². The van der Waals surface area contributed by atoms with Crippen LogP contribution in [0.25, 0.3) is 0 Å². The molecule has 0 aliphatic carbocycles. The van der Waals surface area contributed by atoms with Crippen molar-refractivity contribution < 1.29 is 19.0 Å². The van der Waals surface area contributed by atoms with E-state index in [2.05, 4.69) is 22.3 Å². The number of likely N-dealkylation sites (tertiary alicyclic amines) is 1. The monoisotopic (exact) mass is 428 g/mol. The van der Waals surface area contributed by atoms with Gasteiger partial charge in [-0.3, -0.25) is 9.69 Å². The Bertz CT molecular complexity index is 859. The van der Waals surface area contributed by atoms with Crippen LogP contribution in [0.3, 0.4) is 0 Å². The number of hydrogen-bond donors (Lipinski definition) is 2. The minimum atomic E-state index is -1.03. The number of nitrogens with one attached hydrogen (secondary N) is 1. The minimum Gasteiger partial charge on any atom is -0.488 e. The molecule has 3 rings (SSSR count). The molecule has 1 amide bonds. The van der Waals surface area contributed by atoms with Crippen molar-refractivity contribution in [3.63, 3.8) is 0 Å². The highest BCUT2D eigenvalue weighted by Gasteiger charge is 2.32. The molecule has 0 aromatic heterocycles. The second-order valence-electron chi connectivity index (χ2n) is 9.17. The first-order valence-electron chi connectivity index (χ1n) is 10.9. The summed E-state index contributed by atoms with van der Waals surface area (Å²) in [6.07, 6.45) is 2.53. The van der Waals surface area contributed by atoms with Crippen molar-refractivity contribution in [2.24, 2.45) is 0 Å². The van der Waals surface area contributed by atoms with Crippen LogP contribution in [0, 0.1) is 5.82 Å². The lowest BCUT2D eigenvalue weighted by Crippen LogP contribution is -2.49. The van der Waals surface area contributed by atoms with Crippen molar-refractivity contribution in [1.29, 1.82) is 0 Å². The number of rotatable bonds is 8. The molecule has 0 saturated carbocycles. The predicted octanol–water partition coefficient (Wildman–Crippen LogP) is 3.56. The molecule has 1 aliphatic rings. The maximum atomic E-state index is 13.8. The molecule has 2 aromatic carbocycles. The van der Waals surface area contributed by atoms with Gasteiger partial charge >= 0.3 is 0 Å². The van der Waals surface area contributed by atoms with Crippen molar-refractivity contribution in [2.45, 2.75) is 50.7 Å². The largest absolute Gasteiger partial charge is 0.488 e. The highest BCUT2D eigenvalue weighted by molar-refractivity contribution is 5.78. The van der Waals surface area contributed by atoms with E-state index >= 15 is 0 Å². The fraction of sp³-hybridized carbons (Fsp3) is 0.480. The molecule has 1 atom stereocenters. The average molecular weight is 429 g/mol. The lowest BCUT2D eigenvalue weighted by Gasteiger charge is -2.29. The number of halogens is 1. The van der Waals surface area contributed by atoms with E-state index in [4.69, 9.17) is 4.74 Å². The maximum absolute atomic E-state index is 13.8. The molecule has 5 nitrogen and oxygen atoms in total. The van der Waals surface area contributed by atoms with E-state index in [9.17, 15) is 14.3 Å². The Kier molecular flexibility index (Phi) is 7.68. The molecule has 0 spiro atoms. The van der Waals surface area contributed by atoms with Crippen LogP contribution in [0.4, 0.5) is 4.39 Å². The Morgan fingerprint density at radius 1 is 1.13 bits per heavy atom. The van der Waals surface area contributed by atoms with Crippen LogP contribution >= 0.6 is 0 Å². The van der Waals surface area contributed by atoms with Gasteiger partial charge in [-0.15, -0.1) is 0 Å². The molecule has 0 bridgehead atoms. The lowest BCUT2D eigenvalue weighted by molar-refractivity contribution is -0.123. The molecule has 2 N–H and O–H groups in total. The fourth-order valence-corrected chi connectivity index (χ4v) is 4.08. The summed E-state index contributed by atoms with van der Waals surface area (Å²) in [5.41, 5.74) is -0.193. The fourth-order valence-electron chi connectivity index (χ4n) is 4.08. The summed E-state index contributed by atoms with van der Waals surface area (Å²) in [6, 6.07) is 16.3. The predicted molar refractivity (Wildman–Crippen MR) is 120 cm³/mol. The van der Waals surface area contributed by atoms with Gasteiger partial charge in [0.15, 0.2) is 11.6 Å². The van der Waals surface area contributed by atoms with Crippen molar-refractivity contribution in [2.75, 3.05) is 26.2 Å². The van der Waals surface area contributed by atoms with Crippen molar-refractivity contribution in [1.82, 2.24) is 10.2 Å². The lowest BCUT2D eigenvalue weighted by atomic mass is 9.95. The van der Waals surface area contributed by atoms with Crippen LogP contribution in [0.2, 0.25) is 0 Å². The molecule has 1 fully saturated rings. The van der Waals surface area contributed by atoms with Gasteiger partial charge in [0.1, 0.15) is 6.61 Å². The molecule has 6 heteroatoms. The molecule has 1 aliphatic heterocycles. The summed E-state index contributed by atoms with van der Waals surface area (Å²) in [5, 5.41) is 14.1. The Balaban J connectivity index is 1.47. The van der Waals surface area contributed by atoms with E-state index in [-0.39, 0.29) is 23.8 Å². The first-order valence-corrected chi connectivity index (χ1v) is 10.9. The van der Waals surface area contributed by atoms with Crippen LogP contribution in [0.5, 0.6) is 5.75 Å². The zero-order valence-electron chi connectivity index (χ0n) is 18.4. The normalized spacial score (nSPS) is 20.1. The molecule has 0 radical (unpaired) electrons. The second-order valence-corrected chi connectivity index (χ2v) is 9.17. The molecule has 1 saturated heterocycles. The van der Waals surface area contributed by atoms with Crippen LogP contribution in [0.1, 0.15) is 38.7 Å². The van der Waals surface area contributed by atoms with Gasteiger partial charge in [0.05, 0.1) is 12.1 Å². The van der Waals surface area contributed by atoms with Crippen molar-refractivity contribution in [3.05, 3.63) is 66.0 Å². The zero-order valence-corrected chi connectivity index (χ0v) is 18.4. The van der Waals surface area contributed by atoms with Crippen LogP contribution in [-0.2, 0) is 11.2 Å². The van der Waals surface area contributed by atoms with Gasteiger partial charge < -0.3 is 15.2 Å². The van der Waals surface area contributed by atoms with Gasteiger partial charge in [0.2, 0.25) is 5.91 Å². The third kappa shape index (κ3) is 7.33. The Labute approximate surface area is 184 Å². The van der Waals surface area contributed by atoms with Gasteiger partial charge in [0, 0.05) is 12.1 Å². The standard InChI is InChI=1S/C25H33FN2O3/c1-24(2,17-20-9-4-3-5-10-20)27-23(29)18-28-15-8-13-25(30,14-16-28)19-31-22-12-7-6-11-21(22)26/h3-7,9-12,30H,8,13-19H2,1-2H3,(H,27,29)/t25-/m1/s1. The maximum Gasteiger partial charge on any atom is 0.234 e. The first-order chi connectivity index (χ1) is 14.7. The van der Waals surface area contributed by atoms with Crippen LogP contribution in [0.15, 0.2) is 54.6 Å². The second kappa shape index (κ2) is 10.2. The number of hydrogen-bond acceptors (Lipinski definition) is 4. The van der Waals surface area contributed by atoms with Crippen molar-refractivity contribution >= 4 is 5.91 Å². The van der Waals surface area contributed by atoms with Gasteiger partial charge in [-0.25, -0.2) is 4.39 Å². The summed E-state index contributed by atoms with van der Waals surface area (Å²) in [7, 11) is 0. The number of amides is 1. The minimum absolute atomic E-state index is 0.0195. The number of carbonyl (C=O) groups is 1. The molecule has 0 unspecified atom stereocenters. The SMILES string of the molecule is CC(C)(Cc1ccccc1)NC(=O)CN1CCC[C@](O)(COc2ccccc2F)CC1. The molecule has 1 heterocycles. The highest BCUT2D eigenvalue weighted by atomic mass is 19.1. The van der Waals surface area contributed by atoms with Gasteiger partial charge in [-0.1, -0.05) is 42.5 Å². The van der Waals surface area contributed by atoms with Gasteiger partial charge in [0.25, 0.3) is 0 Å². The van der Waals surface area contributed by atoms with E-state index in [0.29, 0.717) is 25.9 Å². The Morgan fingerprint density at radius 2 is 1.84 bits per heavy atom. The molecule has 2 aromatic rings. The smallest absolute Gasteiger partial charge is 0.234 e. The average Bonchev–Trinajstić information content (AvgIpc) is 2.89. The zero-order chi connectivity index (χ0) is 22.3.